The molecule has 0 atom stereocenters. The van der Waals surface area contributed by atoms with Gasteiger partial charge in [-0.3, -0.25) is 0 Å². The van der Waals surface area contributed by atoms with Crippen LogP contribution in [0.2, 0.25) is 0 Å². The summed E-state index contributed by atoms with van der Waals surface area (Å²) in [7, 11) is 0. The quantitative estimate of drug-likeness (QED) is 0.322. The lowest BCUT2D eigenvalue weighted by Crippen LogP contribution is -2.13. The molecular formula is C15H30O5. The summed E-state index contributed by atoms with van der Waals surface area (Å²) in [5.41, 5.74) is 1.14. The molecule has 0 N–H and O–H groups in total. The van der Waals surface area contributed by atoms with E-state index in [4.69, 9.17) is 23.7 Å². The third-order valence-electron chi connectivity index (χ3n) is 2.37. The van der Waals surface area contributed by atoms with Gasteiger partial charge in [0.1, 0.15) is 0 Å². The van der Waals surface area contributed by atoms with Crippen LogP contribution in [0.4, 0.5) is 0 Å². The minimum absolute atomic E-state index is 0.584. The van der Waals surface area contributed by atoms with E-state index >= 15 is 0 Å². The van der Waals surface area contributed by atoms with Crippen molar-refractivity contribution in [2.75, 3.05) is 66.1 Å². The Morgan fingerprint density at radius 2 is 1.00 bits per heavy atom. The zero-order valence-corrected chi connectivity index (χ0v) is 13.0. The van der Waals surface area contributed by atoms with Gasteiger partial charge < -0.3 is 23.7 Å². The summed E-state index contributed by atoms with van der Waals surface area (Å²) in [5.74, 6) is 0. The van der Waals surface area contributed by atoms with Gasteiger partial charge >= 0.3 is 0 Å². The molecule has 0 rings (SSSR count). The summed E-state index contributed by atoms with van der Waals surface area (Å²) in [4.78, 5) is 0. The first kappa shape index (κ1) is 19.5. The van der Waals surface area contributed by atoms with Gasteiger partial charge in [-0.05, 0) is 20.3 Å². The summed E-state index contributed by atoms with van der Waals surface area (Å²) in [5, 5.41) is 0. The van der Waals surface area contributed by atoms with Gasteiger partial charge in [-0.25, -0.2) is 0 Å². The smallest absolute Gasteiger partial charge is 0.0701 e. The molecule has 0 aromatic heterocycles. The van der Waals surface area contributed by atoms with Crippen molar-refractivity contribution in [3.8, 4) is 0 Å². The Morgan fingerprint density at radius 3 is 1.35 bits per heavy atom. The molecule has 0 aliphatic rings. The van der Waals surface area contributed by atoms with E-state index in [1.807, 2.05) is 13.8 Å². The fourth-order valence-electron chi connectivity index (χ4n) is 1.27. The van der Waals surface area contributed by atoms with Crippen molar-refractivity contribution in [1.82, 2.24) is 0 Å². The number of hydrogen-bond acceptors (Lipinski definition) is 5. The van der Waals surface area contributed by atoms with Crippen molar-refractivity contribution in [2.45, 2.75) is 20.3 Å². The molecule has 0 aliphatic heterocycles. The Labute approximate surface area is 123 Å². The van der Waals surface area contributed by atoms with Crippen molar-refractivity contribution in [3.63, 3.8) is 0 Å². The van der Waals surface area contributed by atoms with Gasteiger partial charge in [-0.15, -0.1) is 6.58 Å². The van der Waals surface area contributed by atoms with Crippen LogP contribution < -0.4 is 0 Å². The molecule has 0 aromatic rings. The van der Waals surface area contributed by atoms with E-state index < -0.39 is 0 Å². The molecule has 0 fully saturated rings. The Balaban J connectivity index is 2.94. The van der Waals surface area contributed by atoms with Crippen molar-refractivity contribution in [2.24, 2.45) is 0 Å². The highest BCUT2D eigenvalue weighted by atomic mass is 16.6. The van der Waals surface area contributed by atoms with Gasteiger partial charge in [0.15, 0.2) is 0 Å². The maximum absolute atomic E-state index is 5.38. The maximum atomic E-state index is 5.38. The second-order valence-electron chi connectivity index (χ2n) is 4.35. The highest BCUT2D eigenvalue weighted by Crippen LogP contribution is 1.94. The van der Waals surface area contributed by atoms with Gasteiger partial charge in [-0.2, -0.15) is 0 Å². The predicted octanol–water partition coefficient (Wildman–Crippen LogP) is 2.06. The topological polar surface area (TPSA) is 46.2 Å². The second-order valence-corrected chi connectivity index (χ2v) is 4.35. The molecule has 0 bridgehead atoms. The van der Waals surface area contributed by atoms with Crippen LogP contribution in [0.1, 0.15) is 20.3 Å². The van der Waals surface area contributed by atoms with Gasteiger partial charge in [0.2, 0.25) is 0 Å². The molecule has 0 amide bonds. The van der Waals surface area contributed by atoms with Crippen LogP contribution in [0.5, 0.6) is 0 Å². The Bertz CT molecular complexity index is 208. The summed E-state index contributed by atoms with van der Waals surface area (Å²) in [6.07, 6.45) is 0.909. The Morgan fingerprint density at radius 1 is 0.650 bits per heavy atom. The first-order chi connectivity index (χ1) is 9.77. The third kappa shape index (κ3) is 17.5. The van der Waals surface area contributed by atoms with E-state index in [0.717, 1.165) is 18.6 Å². The molecule has 20 heavy (non-hydrogen) atoms. The lowest BCUT2D eigenvalue weighted by Gasteiger charge is -2.07. The first-order valence-corrected chi connectivity index (χ1v) is 7.30. The van der Waals surface area contributed by atoms with E-state index in [0.29, 0.717) is 59.5 Å². The van der Waals surface area contributed by atoms with Gasteiger partial charge in [0, 0.05) is 6.61 Å². The van der Waals surface area contributed by atoms with Crippen molar-refractivity contribution in [1.29, 1.82) is 0 Å². The highest BCUT2D eigenvalue weighted by Gasteiger charge is 1.93. The highest BCUT2D eigenvalue weighted by molar-refractivity contribution is 4.86. The van der Waals surface area contributed by atoms with Crippen LogP contribution in [-0.2, 0) is 23.7 Å². The van der Waals surface area contributed by atoms with E-state index in [1.165, 1.54) is 0 Å². The molecule has 0 unspecified atom stereocenters. The molecule has 0 spiro atoms. The van der Waals surface area contributed by atoms with Crippen LogP contribution in [0.3, 0.4) is 0 Å². The van der Waals surface area contributed by atoms with Crippen LogP contribution >= 0.6 is 0 Å². The maximum Gasteiger partial charge on any atom is 0.0701 e. The van der Waals surface area contributed by atoms with Gasteiger partial charge in [-0.1, -0.05) is 5.57 Å². The minimum atomic E-state index is 0.584. The van der Waals surface area contributed by atoms with Crippen LogP contribution in [0, 0.1) is 0 Å². The Kier molecular flexibility index (Phi) is 16.2. The molecule has 5 heteroatoms. The SMILES string of the molecule is C=C(C)CCOCCOCCOCCOCCOCC. The molecule has 0 saturated heterocycles. The predicted molar refractivity (Wildman–Crippen MR) is 79.2 cm³/mol. The molecule has 0 heterocycles. The van der Waals surface area contributed by atoms with E-state index in [1.54, 1.807) is 0 Å². The van der Waals surface area contributed by atoms with Crippen molar-refractivity contribution < 1.29 is 23.7 Å². The number of rotatable bonds is 16. The lowest BCUT2D eigenvalue weighted by molar-refractivity contribution is -0.00997. The standard InChI is InChI=1S/C15H30O5/c1-4-16-7-8-18-11-12-20-14-13-19-10-9-17-6-5-15(2)3/h2,4-14H2,1,3H3. The van der Waals surface area contributed by atoms with Crippen molar-refractivity contribution in [3.05, 3.63) is 12.2 Å². The monoisotopic (exact) mass is 290 g/mol. The van der Waals surface area contributed by atoms with E-state index in [2.05, 4.69) is 6.58 Å². The molecule has 0 aromatic carbocycles. The molecule has 0 aliphatic carbocycles. The number of hydrogen-bond donors (Lipinski definition) is 0. The lowest BCUT2D eigenvalue weighted by atomic mass is 10.3. The number of ether oxygens (including phenoxy) is 5. The van der Waals surface area contributed by atoms with Crippen molar-refractivity contribution >= 4 is 0 Å². The third-order valence-corrected chi connectivity index (χ3v) is 2.37. The summed E-state index contributed by atoms with van der Waals surface area (Å²) in [6.45, 7) is 14.1. The van der Waals surface area contributed by atoms with Crippen LogP contribution in [0.15, 0.2) is 12.2 Å². The zero-order chi connectivity index (χ0) is 14.9. The Hall–Kier alpha value is -0.460. The summed E-state index contributed by atoms with van der Waals surface area (Å²) in [6, 6.07) is 0. The summed E-state index contributed by atoms with van der Waals surface area (Å²) < 4.78 is 26.6. The fourth-order valence-corrected chi connectivity index (χ4v) is 1.27. The fraction of sp³-hybridized carbons (Fsp3) is 0.867. The van der Waals surface area contributed by atoms with Crippen LogP contribution in [0.25, 0.3) is 0 Å². The average Bonchev–Trinajstić information content (AvgIpc) is 2.43. The second kappa shape index (κ2) is 16.6. The molecule has 0 radical (unpaired) electrons. The molecular weight excluding hydrogens is 260 g/mol. The minimum Gasteiger partial charge on any atom is -0.379 e. The summed E-state index contributed by atoms with van der Waals surface area (Å²) >= 11 is 0. The van der Waals surface area contributed by atoms with E-state index in [-0.39, 0.29) is 0 Å². The first-order valence-electron chi connectivity index (χ1n) is 7.30. The normalized spacial score (nSPS) is 10.9. The van der Waals surface area contributed by atoms with Crippen LogP contribution in [-0.4, -0.2) is 66.1 Å². The average molecular weight is 290 g/mol. The molecule has 120 valence electrons. The molecule has 0 saturated carbocycles. The molecule has 5 nitrogen and oxygen atoms in total. The van der Waals surface area contributed by atoms with Gasteiger partial charge in [0.05, 0.1) is 59.5 Å². The van der Waals surface area contributed by atoms with E-state index in [9.17, 15) is 0 Å². The largest absolute Gasteiger partial charge is 0.379 e. The zero-order valence-electron chi connectivity index (χ0n) is 13.0. The van der Waals surface area contributed by atoms with Gasteiger partial charge in [0.25, 0.3) is 0 Å².